The summed E-state index contributed by atoms with van der Waals surface area (Å²) in [6.45, 7) is 4.96. The molecular formula is C20H26N2O3. The first kappa shape index (κ1) is 17.5. The van der Waals surface area contributed by atoms with Crippen molar-refractivity contribution in [2.45, 2.75) is 25.8 Å². The van der Waals surface area contributed by atoms with E-state index < -0.39 is 0 Å². The maximum atomic E-state index is 12.8. The molecule has 0 bridgehead atoms. The Bertz CT molecular complexity index is 760. The molecule has 1 heterocycles. The van der Waals surface area contributed by atoms with Crippen LogP contribution in [0.2, 0.25) is 0 Å². The fourth-order valence-electron chi connectivity index (χ4n) is 3.72. The van der Waals surface area contributed by atoms with Crippen molar-refractivity contribution in [2.75, 3.05) is 33.9 Å². The summed E-state index contributed by atoms with van der Waals surface area (Å²) in [5.74, 6) is 1.15. The maximum Gasteiger partial charge on any atom is 0.255 e. The van der Waals surface area contributed by atoms with Gasteiger partial charge in [0.2, 0.25) is 0 Å². The molecule has 0 aromatic heterocycles. The number of carbonyl (C=O) groups is 1. The summed E-state index contributed by atoms with van der Waals surface area (Å²) in [6.07, 6.45) is 2.33. The van der Waals surface area contributed by atoms with Gasteiger partial charge in [-0.25, -0.2) is 0 Å². The van der Waals surface area contributed by atoms with Gasteiger partial charge in [0.1, 0.15) is 11.5 Å². The van der Waals surface area contributed by atoms with E-state index in [0.29, 0.717) is 29.6 Å². The second-order valence-electron chi connectivity index (χ2n) is 6.34. The van der Waals surface area contributed by atoms with Gasteiger partial charge in [0.15, 0.2) is 0 Å². The zero-order chi connectivity index (χ0) is 17.8. The van der Waals surface area contributed by atoms with E-state index in [2.05, 4.69) is 17.1 Å². The Morgan fingerprint density at radius 2 is 2.00 bits per heavy atom. The molecule has 1 aliphatic heterocycles. The summed E-state index contributed by atoms with van der Waals surface area (Å²) in [4.78, 5) is 15.2. The average Bonchev–Trinajstić information content (AvgIpc) is 3.12. The van der Waals surface area contributed by atoms with Crippen LogP contribution in [0, 0.1) is 0 Å². The Morgan fingerprint density at radius 3 is 2.68 bits per heavy atom. The van der Waals surface area contributed by atoms with Gasteiger partial charge >= 0.3 is 0 Å². The van der Waals surface area contributed by atoms with E-state index in [4.69, 9.17) is 9.47 Å². The number of amides is 1. The Balaban J connectivity index is 1.88. The van der Waals surface area contributed by atoms with Gasteiger partial charge in [-0.1, -0.05) is 31.2 Å². The van der Waals surface area contributed by atoms with Crippen LogP contribution in [0.25, 0.3) is 10.8 Å². The van der Waals surface area contributed by atoms with Crippen LogP contribution in [0.1, 0.15) is 30.1 Å². The minimum Gasteiger partial charge on any atom is -0.496 e. The van der Waals surface area contributed by atoms with Gasteiger partial charge < -0.3 is 14.8 Å². The van der Waals surface area contributed by atoms with Crippen LogP contribution in [0.15, 0.2) is 30.3 Å². The van der Waals surface area contributed by atoms with E-state index in [1.54, 1.807) is 20.3 Å². The van der Waals surface area contributed by atoms with Crippen molar-refractivity contribution in [1.29, 1.82) is 0 Å². The normalized spacial score (nSPS) is 17.6. The molecule has 1 N–H and O–H groups in total. The molecule has 0 aliphatic carbocycles. The monoisotopic (exact) mass is 342 g/mol. The van der Waals surface area contributed by atoms with Crippen LogP contribution in [-0.4, -0.2) is 50.7 Å². The highest BCUT2D eigenvalue weighted by Crippen LogP contribution is 2.36. The fraction of sp³-hybridized carbons (Fsp3) is 0.450. The van der Waals surface area contributed by atoms with Crippen molar-refractivity contribution in [3.05, 3.63) is 35.9 Å². The van der Waals surface area contributed by atoms with Gasteiger partial charge in [0, 0.05) is 23.4 Å². The summed E-state index contributed by atoms with van der Waals surface area (Å²) in [6, 6.07) is 9.98. The molecule has 2 aromatic rings. The third kappa shape index (κ3) is 3.42. The van der Waals surface area contributed by atoms with E-state index >= 15 is 0 Å². The fourth-order valence-corrected chi connectivity index (χ4v) is 3.72. The van der Waals surface area contributed by atoms with Crippen molar-refractivity contribution < 1.29 is 14.3 Å². The number of carbonyl (C=O) groups excluding carboxylic acids is 1. The molecule has 1 fully saturated rings. The first-order chi connectivity index (χ1) is 12.2. The molecule has 134 valence electrons. The Morgan fingerprint density at radius 1 is 1.24 bits per heavy atom. The summed E-state index contributed by atoms with van der Waals surface area (Å²) in [7, 11) is 3.22. The summed E-state index contributed by atoms with van der Waals surface area (Å²) < 4.78 is 11.1. The molecule has 1 saturated heterocycles. The van der Waals surface area contributed by atoms with Crippen LogP contribution in [-0.2, 0) is 0 Å². The van der Waals surface area contributed by atoms with Gasteiger partial charge in [0.05, 0.1) is 19.8 Å². The molecule has 1 unspecified atom stereocenters. The SMILES string of the molecule is CCN1CCCC1CNC(=O)c1cc(OC)c2ccccc2c1OC. The number of rotatable bonds is 6. The van der Waals surface area contributed by atoms with Crippen LogP contribution in [0.4, 0.5) is 0 Å². The highest BCUT2D eigenvalue weighted by molar-refractivity contribution is 6.06. The van der Waals surface area contributed by atoms with Crippen molar-refractivity contribution in [1.82, 2.24) is 10.2 Å². The first-order valence-electron chi connectivity index (χ1n) is 8.85. The molecule has 0 radical (unpaired) electrons. The number of fused-ring (bicyclic) bond motifs is 1. The highest BCUT2D eigenvalue weighted by Gasteiger charge is 2.24. The lowest BCUT2D eigenvalue weighted by Crippen LogP contribution is -2.40. The number of nitrogens with one attached hydrogen (secondary N) is 1. The van der Waals surface area contributed by atoms with E-state index in [0.717, 1.165) is 30.3 Å². The highest BCUT2D eigenvalue weighted by atomic mass is 16.5. The largest absolute Gasteiger partial charge is 0.496 e. The quantitative estimate of drug-likeness (QED) is 0.876. The molecule has 1 atom stereocenters. The van der Waals surface area contributed by atoms with Crippen molar-refractivity contribution in [3.8, 4) is 11.5 Å². The standard InChI is InChI=1S/C20H26N2O3/c1-4-22-11-7-8-14(22)13-21-20(23)17-12-18(24-2)15-9-5-6-10-16(15)19(17)25-3/h5-6,9-10,12,14H,4,7-8,11,13H2,1-3H3,(H,21,23). The zero-order valence-corrected chi connectivity index (χ0v) is 15.2. The van der Waals surface area contributed by atoms with Gasteiger partial charge in [0.25, 0.3) is 5.91 Å². The van der Waals surface area contributed by atoms with Gasteiger partial charge in [-0.3, -0.25) is 9.69 Å². The van der Waals surface area contributed by atoms with E-state index in [9.17, 15) is 4.79 Å². The number of hydrogen-bond donors (Lipinski definition) is 1. The zero-order valence-electron chi connectivity index (χ0n) is 15.2. The number of likely N-dealkylation sites (N-methyl/N-ethyl adjacent to an activating group) is 1. The second-order valence-corrected chi connectivity index (χ2v) is 6.34. The number of methoxy groups -OCH3 is 2. The predicted octanol–water partition coefficient (Wildman–Crippen LogP) is 3.07. The number of nitrogens with zero attached hydrogens (tertiary/aromatic N) is 1. The van der Waals surface area contributed by atoms with Crippen LogP contribution >= 0.6 is 0 Å². The lowest BCUT2D eigenvalue weighted by molar-refractivity contribution is 0.0938. The maximum absolute atomic E-state index is 12.8. The van der Waals surface area contributed by atoms with Crippen LogP contribution in [0.5, 0.6) is 11.5 Å². The molecule has 0 spiro atoms. The number of ether oxygens (including phenoxy) is 2. The summed E-state index contributed by atoms with van der Waals surface area (Å²) >= 11 is 0. The third-order valence-corrected chi connectivity index (χ3v) is 5.03. The first-order valence-corrected chi connectivity index (χ1v) is 8.85. The number of benzene rings is 2. The van der Waals surface area contributed by atoms with Crippen molar-refractivity contribution in [3.63, 3.8) is 0 Å². The van der Waals surface area contributed by atoms with Gasteiger partial charge in [-0.15, -0.1) is 0 Å². The lowest BCUT2D eigenvalue weighted by Gasteiger charge is -2.23. The summed E-state index contributed by atoms with van der Waals surface area (Å²) in [5.41, 5.74) is 0.513. The number of hydrogen-bond acceptors (Lipinski definition) is 4. The lowest BCUT2D eigenvalue weighted by atomic mass is 10.0. The topological polar surface area (TPSA) is 50.8 Å². The Hall–Kier alpha value is -2.27. The molecule has 3 rings (SSSR count). The molecular weight excluding hydrogens is 316 g/mol. The van der Waals surface area contributed by atoms with E-state index in [1.165, 1.54) is 6.42 Å². The van der Waals surface area contributed by atoms with E-state index in [1.807, 2.05) is 24.3 Å². The van der Waals surface area contributed by atoms with Crippen molar-refractivity contribution in [2.24, 2.45) is 0 Å². The molecule has 1 amide bonds. The molecule has 5 nitrogen and oxygen atoms in total. The molecule has 25 heavy (non-hydrogen) atoms. The summed E-state index contributed by atoms with van der Waals surface area (Å²) in [5, 5.41) is 4.90. The molecule has 2 aromatic carbocycles. The molecule has 5 heteroatoms. The van der Waals surface area contributed by atoms with Crippen LogP contribution < -0.4 is 14.8 Å². The van der Waals surface area contributed by atoms with E-state index in [-0.39, 0.29) is 5.91 Å². The Labute approximate surface area is 148 Å². The van der Waals surface area contributed by atoms with Crippen molar-refractivity contribution >= 4 is 16.7 Å². The smallest absolute Gasteiger partial charge is 0.255 e. The third-order valence-electron chi connectivity index (χ3n) is 5.03. The predicted molar refractivity (Wildman–Crippen MR) is 99.7 cm³/mol. The second kappa shape index (κ2) is 7.74. The van der Waals surface area contributed by atoms with Gasteiger partial charge in [-0.05, 0) is 32.0 Å². The number of likely N-dealkylation sites (tertiary alicyclic amines) is 1. The van der Waals surface area contributed by atoms with Crippen LogP contribution in [0.3, 0.4) is 0 Å². The average molecular weight is 342 g/mol. The minimum atomic E-state index is -0.121. The van der Waals surface area contributed by atoms with Gasteiger partial charge in [-0.2, -0.15) is 0 Å². The molecule has 1 aliphatic rings. The minimum absolute atomic E-state index is 0.121. The Kier molecular flexibility index (Phi) is 5.43. The molecule has 0 saturated carbocycles.